The Bertz CT molecular complexity index is 1550. The fraction of sp³-hybridized carbons (Fsp3) is 0.393. The van der Waals surface area contributed by atoms with Crippen LogP contribution in [0.3, 0.4) is 0 Å². The highest BCUT2D eigenvalue weighted by Crippen LogP contribution is 2.39. The number of aromatic amines is 1. The van der Waals surface area contributed by atoms with Crippen LogP contribution >= 0.6 is 0 Å². The zero-order chi connectivity index (χ0) is 30.3. The first-order valence-corrected chi connectivity index (χ1v) is 13.0. The first kappa shape index (κ1) is 29.4. The van der Waals surface area contributed by atoms with E-state index in [1.165, 1.54) is 31.4 Å². The van der Waals surface area contributed by atoms with Gasteiger partial charge in [-0.2, -0.15) is 0 Å². The van der Waals surface area contributed by atoms with Gasteiger partial charge in [0.05, 0.1) is 36.8 Å². The number of aromatic nitrogens is 2. The average molecular weight is 587 g/mol. The highest BCUT2D eigenvalue weighted by atomic mass is 16.8. The van der Waals surface area contributed by atoms with E-state index in [0.29, 0.717) is 21.8 Å². The van der Waals surface area contributed by atoms with Crippen molar-refractivity contribution in [3.8, 4) is 5.75 Å². The fourth-order valence-corrected chi connectivity index (χ4v) is 5.40. The SMILES string of the molecule is C=CC1C(Cc2nc(C(=O)O)cc3c2[nH]c2ccc(O)cc23)C(C(=O)OC)=CO[C@H]1O[C@@H]1O[C@H](CO)[C@@H](O)[C@H](O)[C@H]1O. The smallest absolute Gasteiger partial charge is 0.354 e. The van der Waals surface area contributed by atoms with Crippen LogP contribution in [0.1, 0.15) is 16.2 Å². The summed E-state index contributed by atoms with van der Waals surface area (Å²) in [4.78, 5) is 32.4. The minimum atomic E-state index is -1.71. The van der Waals surface area contributed by atoms with Crippen molar-refractivity contribution >= 4 is 33.7 Å². The van der Waals surface area contributed by atoms with Crippen LogP contribution in [-0.2, 0) is 30.2 Å². The number of carboxylic acid groups (broad SMARTS) is 1. The molecule has 1 aromatic carbocycles. The van der Waals surface area contributed by atoms with Gasteiger partial charge in [0.2, 0.25) is 6.29 Å². The summed E-state index contributed by atoms with van der Waals surface area (Å²) in [6.07, 6.45) is -6.50. The second-order valence-electron chi connectivity index (χ2n) is 10.1. The van der Waals surface area contributed by atoms with Crippen LogP contribution in [0.5, 0.6) is 5.75 Å². The maximum atomic E-state index is 12.8. The number of phenolic OH excluding ortho intramolecular Hbond substituents is 1. The van der Waals surface area contributed by atoms with Crippen molar-refractivity contribution in [2.45, 2.75) is 43.4 Å². The van der Waals surface area contributed by atoms with Gasteiger partial charge in [-0.25, -0.2) is 14.6 Å². The van der Waals surface area contributed by atoms with Crippen LogP contribution in [0.4, 0.5) is 0 Å². The second-order valence-corrected chi connectivity index (χ2v) is 10.1. The van der Waals surface area contributed by atoms with Crippen molar-refractivity contribution in [3.63, 3.8) is 0 Å². The first-order valence-electron chi connectivity index (χ1n) is 13.0. The fourth-order valence-electron chi connectivity index (χ4n) is 5.40. The number of H-pyrrole nitrogens is 1. The van der Waals surface area contributed by atoms with E-state index < -0.39 is 67.4 Å². The number of aromatic carboxylic acids is 1. The highest BCUT2D eigenvalue weighted by molar-refractivity contribution is 6.10. The topological polar surface area (TPSA) is 221 Å². The normalized spacial score (nSPS) is 29.6. The van der Waals surface area contributed by atoms with Gasteiger partial charge in [-0.3, -0.25) is 0 Å². The molecule has 2 aliphatic rings. The molecular weight excluding hydrogens is 556 g/mol. The van der Waals surface area contributed by atoms with Crippen LogP contribution in [-0.4, -0.2) is 103 Å². The standard InChI is InChI=1S/C28H30N2O12/c1-3-12-13(7-18-21-15(8-19(29-18)25(36)37)14-6-11(32)4-5-17(14)30-21)16(26(38)39-2)10-40-27(12)42-28-24(35)23(34)22(33)20(9-31)41-28/h3-6,8,10,12-13,20,22-24,27-28,30-35H,1,7,9H2,2H3,(H,36,37)/t12?,13?,20-,22-,23+,24-,27+,28+/m1/s1. The Kier molecular flexibility index (Phi) is 8.19. The maximum Gasteiger partial charge on any atom is 0.354 e. The molecule has 1 saturated heterocycles. The number of nitrogens with one attached hydrogen (secondary N) is 1. The quantitative estimate of drug-likeness (QED) is 0.140. The molecule has 4 heterocycles. The van der Waals surface area contributed by atoms with E-state index in [1.807, 2.05) is 0 Å². The molecule has 3 aromatic rings. The molecule has 7 N–H and O–H groups in total. The molecule has 0 amide bonds. The van der Waals surface area contributed by atoms with Gasteiger partial charge in [0.1, 0.15) is 35.9 Å². The number of carbonyl (C=O) groups excluding carboxylic acids is 1. The van der Waals surface area contributed by atoms with Gasteiger partial charge in [0, 0.05) is 28.1 Å². The van der Waals surface area contributed by atoms with Crippen molar-refractivity contribution in [3.05, 3.63) is 60.1 Å². The van der Waals surface area contributed by atoms with E-state index in [1.54, 1.807) is 6.07 Å². The molecule has 14 heteroatoms. The lowest BCUT2D eigenvalue weighted by Gasteiger charge is -2.43. The Morgan fingerprint density at radius 3 is 2.55 bits per heavy atom. The third-order valence-corrected chi connectivity index (χ3v) is 7.60. The number of fused-ring (bicyclic) bond motifs is 3. The van der Waals surface area contributed by atoms with Crippen molar-refractivity contribution in [2.24, 2.45) is 11.8 Å². The van der Waals surface area contributed by atoms with Crippen LogP contribution in [0.15, 0.2) is 48.8 Å². The molecular formula is C28H30N2O12. The summed E-state index contributed by atoms with van der Waals surface area (Å²) >= 11 is 0. The van der Waals surface area contributed by atoms with Crippen molar-refractivity contribution < 1.29 is 59.2 Å². The third kappa shape index (κ3) is 5.19. The average Bonchev–Trinajstić information content (AvgIpc) is 3.35. The summed E-state index contributed by atoms with van der Waals surface area (Å²) in [7, 11) is 1.19. The Morgan fingerprint density at radius 1 is 1.12 bits per heavy atom. The van der Waals surface area contributed by atoms with Gasteiger partial charge in [0.15, 0.2) is 6.29 Å². The summed E-state index contributed by atoms with van der Waals surface area (Å²) in [6, 6.07) is 6.00. The maximum absolute atomic E-state index is 12.8. The molecule has 5 rings (SSSR count). The third-order valence-electron chi connectivity index (χ3n) is 7.60. The van der Waals surface area contributed by atoms with Gasteiger partial charge < -0.3 is 54.6 Å². The number of nitrogens with zero attached hydrogens (tertiary/aromatic N) is 1. The van der Waals surface area contributed by atoms with E-state index >= 15 is 0 Å². The molecule has 2 aliphatic heterocycles. The van der Waals surface area contributed by atoms with Gasteiger partial charge in [0.25, 0.3) is 0 Å². The minimum Gasteiger partial charge on any atom is -0.508 e. The molecule has 0 bridgehead atoms. The first-order chi connectivity index (χ1) is 20.1. The summed E-state index contributed by atoms with van der Waals surface area (Å²) in [5, 5.41) is 61.2. The molecule has 1 fully saturated rings. The Balaban J connectivity index is 1.55. The number of benzene rings is 1. The van der Waals surface area contributed by atoms with E-state index in [2.05, 4.69) is 16.5 Å². The molecule has 14 nitrogen and oxygen atoms in total. The van der Waals surface area contributed by atoms with Gasteiger partial charge >= 0.3 is 11.9 Å². The molecule has 0 aliphatic carbocycles. The number of aromatic hydroxyl groups is 1. The number of ether oxygens (including phenoxy) is 4. The number of hydrogen-bond donors (Lipinski definition) is 7. The van der Waals surface area contributed by atoms with E-state index in [4.69, 9.17) is 18.9 Å². The Labute approximate surface area is 238 Å². The van der Waals surface area contributed by atoms with Crippen LogP contribution in [0.2, 0.25) is 0 Å². The van der Waals surface area contributed by atoms with Crippen molar-refractivity contribution in [2.75, 3.05) is 13.7 Å². The van der Waals surface area contributed by atoms with E-state index in [0.717, 1.165) is 6.26 Å². The number of aliphatic hydroxyl groups is 4. The summed E-state index contributed by atoms with van der Waals surface area (Å²) < 4.78 is 21.9. The zero-order valence-electron chi connectivity index (χ0n) is 22.3. The van der Waals surface area contributed by atoms with Crippen LogP contribution in [0.25, 0.3) is 21.8 Å². The van der Waals surface area contributed by atoms with E-state index in [9.17, 15) is 40.2 Å². The molecule has 42 heavy (non-hydrogen) atoms. The van der Waals surface area contributed by atoms with Gasteiger partial charge in [-0.05, 0) is 30.7 Å². The highest BCUT2D eigenvalue weighted by Gasteiger charge is 2.47. The van der Waals surface area contributed by atoms with E-state index in [-0.39, 0.29) is 29.1 Å². The number of esters is 1. The van der Waals surface area contributed by atoms with Crippen LogP contribution < -0.4 is 0 Å². The molecule has 0 saturated carbocycles. The second kappa shape index (κ2) is 11.7. The Morgan fingerprint density at radius 2 is 1.88 bits per heavy atom. The molecule has 2 aromatic heterocycles. The molecule has 2 unspecified atom stereocenters. The number of methoxy groups -OCH3 is 1. The summed E-state index contributed by atoms with van der Waals surface area (Å²) in [5.74, 6) is -3.68. The number of aliphatic hydroxyl groups excluding tert-OH is 4. The lowest BCUT2D eigenvalue weighted by Crippen LogP contribution is -2.60. The summed E-state index contributed by atoms with van der Waals surface area (Å²) in [6.45, 7) is 3.18. The summed E-state index contributed by atoms with van der Waals surface area (Å²) in [5.41, 5.74) is 1.18. The Hall–Kier alpha value is -4.05. The monoisotopic (exact) mass is 586 g/mol. The molecule has 224 valence electrons. The predicted octanol–water partition coefficient (Wildman–Crippen LogP) is 0.310. The zero-order valence-corrected chi connectivity index (χ0v) is 22.3. The largest absolute Gasteiger partial charge is 0.508 e. The number of carbonyl (C=O) groups is 2. The predicted molar refractivity (Wildman–Crippen MR) is 143 cm³/mol. The number of hydrogen-bond acceptors (Lipinski definition) is 12. The lowest BCUT2D eigenvalue weighted by atomic mass is 9.80. The number of carboxylic acids is 1. The number of pyridine rings is 1. The molecule has 8 atom stereocenters. The molecule has 0 radical (unpaired) electrons. The van der Waals surface area contributed by atoms with Gasteiger partial charge in [-0.15, -0.1) is 6.58 Å². The van der Waals surface area contributed by atoms with Crippen molar-refractivity contribution in [1.82, 2.24) is 9.97 Å². The lowest BCUT2D eigenvalue weighted by molar-refractivity contribution is -0.339. The van der Waals surface area contributed by atoms with Crippen molar-refractivity contribution in [1.29, 1.82) is 0 Å². The van der Waals surface area contributed by atoms with Gasteiger partial charge in [-0.1, -0.05) is 6.08 Å². The van der Waals surface area contributed by atoms with Crippen LogP contribution in [0, 0.1) is 11.8 Å². The minimum absolute atomic E-state index is 0.0149. The molecule has 0 spiro atoms. The number of rotatable bonds is 8. The number of phenols is 1.